The minimum Gasteiger partial charge on any atom is -0.330 e. The molecule has 1 saturated carbocycles. The monoisotopic (exact) mass is 193 g/mol. The van der Waals surface area contributed by atoms with Crippen LogP contribution in [-0.4, -0.2) is 16.3 Å². The Labute approximate surface area is 85.3 Å². The van der Waals surface area contributed by atoms with Crippen LogP contribution in [0.25, 0.3) is 0 Å². The van der Waals surface area contributed by atoms with Gasteiger partial charge in [0.05, 0.1) is 6.20 Å². The fraction of sp³-hybridized carbons (Fsp3) is 0.727. The molecule has 0 bridgehead atoms. The van der Waals surface area contributed by atoms with Gasteiger partial charge in [-0.1, -0.05) is 0 Å². The molecule has 1 aliphatic carbocycles. The van der Waals surface area contributed by atoms with Crippen molar-refractivity contribution < 1.29 is 0 Å². The molecule has 1 fully saturated rings. The second-order valence-corrected chi connectivity index (χ2v) is 4.39. The molecule has 2 N–H and O–H groups in total. The van der Waals surface area contributed by atoms with E-state index in [1.807, 2.05) is 17.9 Å². The van der Waals surface area contributed by atoms with Crippen molar-refractivity contribution in [3.8, 4) is 0 Å². The van der Waals surface area contributed by atoms with Crippen molar-refractivity contribution in [2.24, 2.45) is 24.6 Å². The Hall–Kier alpha value is -0.830. The Kier molecular flexibility index (Phi) is 2.87. The SMILES string of the molecule is Cn1cc(CCC2CCC2CN)cn1. The van der Waals surface area contributed by atoms with Crippen LogP contribution in [0.5, 0.6) is 0 Å². The maximum atomic E-state index is 5.68. The normalized spacial score (nSPS) is 26.1. The van der Waals surface area contributed by atoms with Gasteiger partial charge in [0.25, 0.3) is 0 Å². The topological polar surface area (TPSA) is 43.8 Å². The van der Waals surface area contributed by atoms with E-state index in [1.54, 1.807) is 0 Å². The summed E-state index contributed by atoms with van der Waals surface area (Å²) in [5, 5.41) is 4.17. The van der Waals surface area contributed by atoms with Gasteiger partial charge in [-0.3, -0.25) is 4.68 Å². The molecule has 1 aromatic rings. The van der Waals surface area contributed by atoms with Crippen LogP contribution in [0.1, 0.15) is 24.8 Å². The summed E-state index contributed by atoms with van der Waals surface area (Å²) in [7, 11) is 1.97. The highest BCUT2D eigenvalue weighted by atomic mass is 15.2. The maximum absolute atomic E-state index is 5.68. The standard InChI is InChI=1S/C11H19N3/c1-14-8-9(7-13-14)2-3-10-4-5-11(10)6-12/h7-8,10-11H,2-6,12H2,1H3. The second kappa shape index (κ2) is 4.13. The van der Waals surface area contributed by atoms with Gasteiger partial charge in [0, 0.05) is 13.2 Å². The van der Waals surface area contributed by atoms with E-state index in [0.29, 0.717) is 0 Å². The average Bonchev–Trinajstić information content (AvgIpc) is 2.51. The number of aryl methyl sites for hydroxylation is 2. The summed E-state index contributed by atoms with van der Waals surface area (Å²) in [6.45, 7) is 0.873. The molecule has 0 radical (unpaired) electrons. The van der Waals surface area contributed by atoms with Gasteiger partial charge >= 0.3 is 0 Å². The van der Waals surface area contributed by atoms with Crippen molar-refractivity contribution in [1.29, 1.82) is 0 Å². The zero-order chi connectivity index (χ0) is 9.97. The van der Waals surface area contributed by atoms with E-state index in [1.165, 1.54) is 24.8 Å². The van der Waals surface area contributed by atoms with Crippen molar-refractivity contribution >= 4 is 0 Å². The van der Waals surface area contributed by atoms with Crippen molar-refractivity contribution in [3.05, 3.63) is 18.0 Å². The fourth-order valence-corrected chi connectivity index (χ4v) is 2.28. The van der Waals surface area contributed by atoms with E-state index < -0.39 is 0 Å². The van der Waals surface area contributed by atoms with Gasteiger partial charge < -0.3 is 5.73 Å². The highest BCUT2D eigenvalue weighted by molar-refractivity contribution is 5.04. The first-order chi connectivity index (χ1) is 6.79. The van der Waals surface area contributed by atoms with Crippen molar-refractivity contribution in [2.75, 3.05) is 6.54 Å². The van der Waals surface area contributed by atoms with Gasteiger partial charge in [0.1, 0.15) is 0 Å². The molecule has 2 atom stereocenters. The van der Waals surface area contributed by atoms with Crippen LogP contribution in [0.3, 0.4) is 0 Å². The van der Waals surface area contributed by atoms with Crippen molar-refractivity contribution in [2.45, 2.75) is 25.7 Å². The van der Waals surface area contributed by atoms with Gasteiger partial charge in [0.15, 0.2) is 0 Å². The lowest BCUT2D eigenvalue weighted by Crippen LogP contribution is -2.32. The molecule has 2 rings (SSSR count). The van der Waals surface area contributed by atoms with Crippen LogP contribution in [0.15, 0.2) is 12.4 Å². The molecule has 0 aliphatic heterocycles. The summed E-state index contributed by atoms with van der Waals surface area (Å²) in [6.07, 6.45) is 9.24. The Bertz CT molecular complexity index is 290. The Morgan fingerprint density at radius 2 is 2.29 bits per heavy atom. The lowest BCUT2D eigenvalue weighted by atomic mass is 9.71. The van der Waals surface area contributed by atoms with Crippen LogP contribution in [0.2, 0.25) is 0 Å². The lowest BCUT2D eigenvalue weighted by molar-refractivity contribution is 0.172. The first kappa shape index (κ1) is 9.71. The number of hydrogen-bond acceptors (Lipinski definition) is 2. The summed E-state index contributed by atoms with van der Waals surface area (Å²) in [5.41, 5.74) is 7.04. The van der Waals surface area contributed by atoms with Crippen LogP contribution in [-0.2, 0) is 13.5 Å². The molecule has 1 heterocycles. The van der Waals surface area contributed by atoms with Crippen LogP contribution < -0.4 is 5.73 Å². The average molecular weight is 193 g/mol. The second-order valence-electron chi connectivity index (χ2n) is 4.39. The summed E-state index contributed by atoms with van der Waals surface area (Å²) >= 11 is 0. The minimum absolute atomic E-state index is 0.798. The van der Waals surface area contributed by atoms with Crippen LogP contribution in [0, 0.1) is 11.8 Å². The third kappa shape index (κ3) is 1.98. The third-order valence-electron chi connectivity index (χ3n) is 3.44. The minimum atomic E-state index is 0.798. The Balaban J connectivity index is 1.77. The first-order valence-corrected chi connectivity index (χ1v) is 5.47. The highest BCUT2D eigenvalue weighted by Crippen LogP contribution is 2.36. The summed E-state index contributed by atoms with van der Waals surface area (Å²) in [4.78, 5) is 0. The number of hydrogen-bond donors (Lipinski definition) is 1. The molecule has 1 aromatic heterocycles. The molecule has 2 unspecified atom stereocenters. The van der Waals surface area contributed by atoms with Crippen molar-refractivity contribution in [1.82, 2.24) is 9.78 Å². The van der Waals surface area contributed by atoms with E-state index in [0.717, 1.165) is 24.8 Å². The van der Waals surface area contributed by atoms with E-state index in [-0.39, 0.29) is 0 Å². The molecule has 1 aliphatic rings. The van der Waals surface area contributed by atoms with E-state index in [9.17, 15) is 0 Å². The first-order valence-electron chi connectivity index (χ1n) is 5.47. The maximum Gasteiger partial charge on any atom is 0.0521 e. The molecule has 0 spiro atoms. The van der Waals surface area contributed by atoms with E-state index in [4.69, 9.17) is 5.73 Å². The van der Waals surface area contributed by atoms with Gasteiger partial charge in [-0.25, -0.2) is 0 Å². The number of rotatable bonds is 4. The van der Waals surface area contributed by atoms with E-state index in [2.05, 4.69) is 11.3 Å². The Morgan fingerprint density at radius 3 is 2.79 bits per heavy atom. The van der Waals surface area contributed by atoms with Gasteiger partial charge in [-0.15, -0.1) is 0 Å². The summed E-state index contributed by atoms with van der Waals surface area (Å²) in [6, 6.07) is 0. The Morgan fingerprint density at radius 1 is 1.50 bits per heavy atom. The fourth-order valence-electron chi connectivity index (χ4n) is 2.28. The smallest absolute Gasteiger partial charge is 0.0521 e. The highest BCUT2D eigenvalue weighted by Gasteiger charge is 2.28. The molecule has 3 nitrogen and oxygen atoms in total. The largest absolute Gasteiger partial charge is 0.330 e. The third-order valence-corrected chi connectivity index (χ3v) is 3.44. The molecule has 0 saturated heterocycles. The molecule has 0 aromatic carbocycles. The molecule has 3 heteroatoms. The van der Waals surface area contributed by atoms with Crippen LogP contribution >= 0.6 is 0 Å². The van der Waals surface area contributed by atoms with Gasteiger partial charge in [0.2, 0.25) is 0 Å². The molecular weight excluding hydrogens is 174 g/mol. The van der Waals surface area contributed by atoms with Crippen LogP contribution in [0.4, 0.5) is 0 Å². The number of nitrogens with zero attached hydrogens (tertiary/aromatic N) is 2. The predicted octanol–water partition coefficient (Wildman–Crippen LogP) is 1.34. The quantitative estimate of drug-likeness (QED) is 0.784. The molecule has 78 valence electrons. The molecule has 0 amide bonds. The summed E-state index contributed by atoms with van der Waals surface area (Å²) in [5.74, 6) is 1.67. The predicted molar refractivity (Wildman–Crippen MR) is 56.8 cm³/mol. The molecule has 14 heavy (non-hydrogen) atoms. The summed E-state index contributed by atoms with van der Waals surface area (Å²) < 4.78 is 1.87. The van der Waals surface area contributed by atoms with E-state index >= 15 is 0 Å². The lowest BCUT2D eigenvalue weighted by Gasteiger charge is -2.35. The zero-order valence-electron chi connectivity index (χ0n) is 8.82. The molecular formula is C11H19N3. The van der Waals surface area contributed by atoms with Gasteiger partial charge in [-0.05, 0) is 49.6 Å². The van der Waals surface area contributed by atoms with Crippen molar-refractivity contribution in [3.63, 3.8) is 0 Å². The zero-order valence-corrected chi connectivity index (χ0v) is 8.82. The number of nitrogens with two attached hydrogens (primary N) is 1. The number of aromatic nitrogens is 2. The van der Waals surface area contributed by atoms with Gasteiger partial charge in [-0.2, -0.15) is 5.10 Å².